The smallest absolute Gasteiger partial charge is 0.135 e. The summed E-state index contributed by atoms with van der Waals surface area (Å²) in [4.78, 5) is 0. The summed E-state index contributed by atoms with van der Waals surface area (Å²) in [6.45, 7) is 6.81. The molecule has 5 aromatic rings. The molecule has 0 bridgehead atoms. The van der Waals surface area contributed by atoms with Crippen molar-refractivity contribution >= 4 is 21.9 Å². The van der Waals surface area contributed by atoms with Gasteiger partial charge in [-0.15, -0.1) is 0 Å². The van der Waals surface area contributed by atoms with Gasteiger partial charge in [-0.2, -0.15) is 0 Å². The summed E-state index contributed by atoms with van der Waals surface area (Å²) in [6.07, 6.45) is 0. The lowest BCUT2D eigenvalue weighted by Gasteiger charge is -2.22. The molecule has 0 atom stereocenters. The van der Waals surface area contributed by atoms with Crippen molar-refractivity contribution in [3.63, 3.8) is 0 Å². The lowest BCUT2D eigenvalue weighted by atomic mass is 9.81. The first-order valence-electron chi connectivity index (χ1n) is 10.2. The molecule has 0 unspecified atom stereocenters. The molecule has 0 saturated carbocycles. The first kappa shape index (κ1) is 16.6. The van der Waals surface area contributed by atoms with E-state index in [2.05, 4.69) is 99.6 Å². The van der Waals surface area contributed by atoms with Gasteiger partial charge in [0.05, 0.1) is 0 Å². The summed E-state index contributed by atoms with van der Waals surface area (Å²) in [5.74, 6) is 0. The van der Waals surface area contributed by atoms with Gasteiger partial charge in [-0.1, -0.05) is 68.4 Å². The highest BCUT2D eigenvalue weighted by Gasteiger charge is 2.35. The molecule has 1 heteroatoms. The molecular formula is C28H22O. The van der Waals surface area contributed by atoms with E-state index in [-0.39, 0.29) is 5.41 Å². The minimum atomic E-state index is 0.0188. The normalized spacial score (nSPS) is 14.3. The SMILES string of the molecule is Cc1cccc2oc3ccc(-c4ccc5c(c4)C(C)(C)c4ccccc4-5)cc3c12. The van der Waals surface area contributed by atoms with Crippen LogP contribution in [0.1, 0.15) is 30.5 Å². The maximum absolute atomic E-state index is 6.07. The average Bonchev–Trinajstić information content (AvgIpc) is 3.22. The molecule has 1 aromatic heterocycles. The summed E-state index contributed by atoms with van der Waals surface area (Å²) in [6, 6.07) is 28.6. The summed E-state index contributed by atoms with van der Waals surface area (Å²) in [5, 5.41) is 2.41. The Balaban J connectivity index is 1.56. The van der Waals surface area contributed by atoms with Crippen LogP contribution < -0.4 is 0 Å². The van der Waals surface area contributed by atoms with Gasteiger partial charge in [0, 0.05) is 16.2 Å². The third-order valence-electron chi connectivity index (χ3n) is 6.62. The first-order chi connectivity index (χ1) is 14.0. The summed E-state index contributed by atoms with van der Waals surface area (Å²) in [5.41, 5.74) is 11.2. The van der Waals surface area contributed by atoms with Crippen molar-refractivity contribution < 1.29 is 4.42 Å². The van der Waals surface area contributed by atoms with E-state index in [1.165, 1.54) is 49.7 Å². The van der Waals surface area contributed by atoms with Gasteiger partial charge >= 0.3 is 0 Å². The number of fused-ring (bicyclic) bond motifs is 6. The third kappa shape index (κ3) is 2.22. The van der Waals surface area contributed by atoms with Crippen LogP contribution in [0.3, 0.4) is 0 Å². The first-order valence-corrected chi connectivity index (χ1v) is 10.2. The van der Waals surface area contributed by atoms with Crippen molar-refractivity contribution in [3.05, 3.63) is 95.6 Å². The Morgan fingerprint density at radius 2 is 1.41 bits per heavy atom. The van der Waals surface area contributed by atoms with Gasteiger partial charge in [0.2, 0.25) is 0 Å². The number of hydrogen-bond acceptors (Lipinski definition) is 1. The van der Waals surface area contributed by atoms with Crippen LogP contribution in [0.5, 0.6) is 0 Å². The minimum Gasteiger partial charge on any atom is -0.456 e. The Bertz CT molecular complexity index is 1430. The van der Waals surface area contributed by atoms with E-state index in [1.54, 1.807) is 0 Å². The molecule has 1 aliphatic rings. The van der Waals surface area contributed by atoms with Crippen LogP contribution in [0.4, 0.5) is 0 Å². The van der Waals surface area contributed by atoms with E-state index in [4.69, 9.17) is 4.42 Å². The Morgan fingerprint density at radius 1 is 0.655 bits per heavy atom. The fourth-order valence-electron chi connectivity index (χ4n) is 5.07. The van der Waals surface area contributed by atoms with Gasteiger partial charge < -0.3 is 4.42 Å². The van der Waals surface area contributed by atoms with E-state index >= 15 is 0 Å². The molecule has 0 fully saturated rings. The number of aryl methyl sites for hydroxylation is 1. The number of hydrogen-bond donors (Lipinski definition) is 0. The van der Waals surface area contributed by atoms with E-state index < -0.39 is 0 Å². The second kappa shape index (κ2) is 5.61. The fourth-order valence-corrected chi connectivity index (χ4v) is 5.07. The van der Waals surface area contributed by atoms with E-state index in [9.17, 15) is 0 Å². The van der Waals surface area contributed by atoms with Gasteiger partial charge in [0.15, 0.2) is 0 Å². The fraction of sp³-hybridized carbons (Fsp3) is 0.143. The zero-order chi connectivity index (χ0) is 19.8. The Labute approximate surface area is 170 Å². The van der Waals surface area contributed by atoms with Crippen molar-refractivity contribution in [1.82, 2.24) is 0 Å². The predicted octanol–water partition coefficient (Wildman–Crippen LogP) is 7.87. The van der Waals surface area contributed by atoms with Crippen molar-refractivity contribution in [2.75, 3.05) is 0 Å². The van der Waals surface area contributed by atoms with Crippen LogP contribution in [0, 0.1) is 6.92 Å². The predicted molar refractivity (Wildman–Crippen MR) is 121 cm³/mol. The molecule has 1 nitrogen and oxygen atoms in total. The number of furan rings is 1. The quantitative estimate of drug-likeness (QED) is 0.291. The Morgan fingerprint density at radius 3 is 2.31 bits per heavy atom. The second-order valence-electron chi connectivity index (χ2n) is 8.69. The maximum atomic E-state index is 6.07. The molecule has 1 heterocycles. The second-order valence-corrected chi connectivity index (χ2v) is 8.69. The summed E-state index contributed by atoms with van der Waals surface area (Å²) < 4.78 is 6.07. The molecule has 0 radical (unpaired) electrons. The maximum Gasteiger partial charge on any atom is 0.135 e. The Kier molecular flexibility index (Phi) is 3.21. The highest BCUT2D eigenvalue weighted by molar-refractivity contribution is 6.08. The minimum absolute atomic E-state index is 0.0188. The van der Waals surface area contributed by atoms with Crippen LogP contribution in [0.15, 0.2) is 83.3 Å². The van der Waals surface area contributed by atoms with Gasteiger partial charge in [0.1, 0.15) is 11.2 Å². The Hall–Kier alpha value is -3.32. The molecule has 0 saturated heterocycles. The summed E-state index contributed by atoms with van der Waals surface area (Å²) >= 11 is 0. The molecule has 0 aliphatic heterocycles. The third-order valence-corrected chi connectivity index (χ3v) is 6.62. The highest BCUT2D eigenvalue weighted by atomic mass is 16.3. The molecule has 0 spiro atoms. The standard InChI is InChI=1S/C28H22O/c1-17-7-6-10-26-27(17)22-15-18(12-14-25(22)29-26)19-11-13-21-20-8-4-5-9-23(20)28(2,3)24(21)16-19/h4-16H,1-3H3. The van der Waals surface area contributed by atoms with Crippen LogP contribution in [-0.4, -0.2) is 0 Å². The van der Waals surface area contributed by atoms with Gasteiger partial charge in [-0.25, -0.2) is 0 Å². The topological polar surface area (TPSA) is 13.1 Å². The molecule has 1 aliphatic carbocycles. The van der Waals surface area contributed by atoms with E-state index in [0.717, 1.165) is 11.2 Å². The summed E-state index contributed by atoms with van der Waals surface area (Å²) in [7, 11) is 0. The van der Waals surface area contributed by atoms with E-state index in [1.807, 2.05) is 0 Å². The zero-order valence-corrected chi connectivity index (χ0v) is 16.9. The lowest BCUT2D eigenvalue weighted by molar-refractivity contribution is 0.660. The number of benzene rings is 4. The van der Waals surface area contributed by atoms with Crippen LogP contribution >= 0.6 is 0 Å². The average molecular weight is 374 g/mol. The highest BCUT2D eigenvalue weighted by Crippen LogP contribution is 2.49. The largest absolute Gasteiger partial charge is 0.456 e. The molecule has 4 aromatic carbocycles. The van der Waals surface area contributed by atoms with Crippen molar-refractivity contribution in [1.29, 1.82) is 0 Å². The molecule has 140 valence electrons. The van der Waals surface area contributed by atoms with Crippen LogP contribution in [0.2, 0.25) is 0 Å². The number of rotatable bonds is 1. The van der Waals surface area contributed by atoms with Gasteiger partial charge in [-0.05, 0) is 70.1 Å². The molecule has 29 heavy (non-hydrogen) atoms. The van der Waals surface area contributed by atoms with Gasteiger partial charge in [-0.3, -0.25) is 0 Å². The van der Waals surface area contributed by atoms with E-state index in [0.29, 0.717) is 0 Å². The zero-order valence-electron chi connectivity index (χ0n) is 16.9. The van der Waals surface area contributed by atoms with Crippen LogP contribution in [0.25, 0.3) is 44.2 Å². The van der Waals surface area contributed by atoms with Crippen molar-refractivity contribution in [2.24, 2.45) is 0 Å². The molecule has 0 N–H and O–H groups in total. The lowest BCUT2D eigenvalue weighted by Crippen LogP contribution is -2.14. The van der Waals surface area contributed by atoms with Crippen molar-refractivity contribution in [3.8, 4) is 22.3 Å². The monoisotopic (exact) mass is 374 g/mol. The van der Waals surface area contributed by atoms with Gasteiger partial charge in [0.25, 0.3) is 0 Å². The van der Waals surface area contributed by atoms with Crippen molar-refractivity contribution in [2.45, 2.75) is 26.2 Å². The molecular weight excluding hydrogens is 352 g/mol. The molecule has 6 rings (SSSR count). The molecule has 0 amide bonds. The van der Waals surface area contributed by atoms with Crippen LogP contribution in [-0.2, 0) is 5.41 Å².